The fraction of sp³-hybridized carbons (Fsp3) is 0.467. The molecule has 0 radical (unpaired) electrons. The third kappa shape index (κ3) is 3.29. The second-order valence-corrected chi connectivity index (χ2v) is 4.95. The quantitative estimate of drug-likeness (QED) is 0.678. The van der Waals surface area contributed by atoms with Crippen molar-refractivity contribution in [2.24, 2.45) is 11.0 Å². The van der Waals surface area contributed by atoms with Crippen LogP contribution in [0.15, 0.2) is 29.4 Å². The number of amides is 1. The van der Waals surface area contributed by atoms with E-state index in [1.165, 1.54) is 0 Å². The zero-order chi connectivity index (χ0) is 14.5. The Morgan fingerprint density at radius 3 is 2.75 bits per heavy atom. The molecular weight excluding hydrogens is 256 g/mol. The smallest absolute Gasteiger partial charge is 0.284 e. The van der Waals surface area contributed by atoms with Gasteiger partial charge in [0.15, 0.2) is 11.5 Å². The number of fused-ring (bicyclic) bond motifs is 1. The molecule has 1 aromatic carbocycles. The summed E-state index contributed by atoms with van der Waals surface area (Å²) < 4.78 is 11.1. The highest BCUT2D eigenvalue weighted by Crippen LogP contribution is 2.30. The number of rotatable bonds is 4. The van der Waals surface area contributed by atoms with Crippen LogP contribution in [-0.4, -0.2) is 24.3 Å². The van der Waals surface area contributed by atoms with Gasteiger partial charge in [-0.25, -0.2) is 5.43 Å². The monoisotopic (exact) mass is 276 g/mol. The molecule has 1 N–H and O–H groups in total. The lowest BCUT2D eigenvalue weighted by Crippen LogP contribution is -2.42. The van der Waals surface area contributed by atoms with Gasteiger partial charge in [-0.15, -0.1) is 0 Å². The largest absolute Gasteiger partial charge is 0.485 e. The molecule has 0 fully saturated rings. The van der Waals surface area contributed by atoms with Gasteiger partial charge in [-0.2, -0.15) is 5.10 Å². The molecule has 2 rings (SSSR count). The van der Waals surface area contributed by atoms with E-state index in [4.69, 9.17) is 9.47 Å². The Morgan fingerprint density at radius 2 is 2.10 bits per heavy atom. The van der Waals surface area contributed by atoms with Crippen LogP contribution in [0, 0.1) is 5.92 Å². The summed E-state index contributed by atoms with van der Waals surface area (Å²) >= 11 is 0. The van der Waals surface area contributed by atoms with E-state index in [-0.39, 0.29) is 12.5 Å². The maximum absolute atomic E-state index is 12.0. The summed E-state index contributed by atoms with van der Waals surface area (Å²) in [6, 6.07) is 7.30. The first-order valence-electron chi connectivity index (χ1n) is 6.86. The first kappa shape index (κ1) is 14.4. The van der Waals surface area contributed by atoms with Crippen molar-refractivity contribution in [1.82, 2.24) is 5.43 Å². The minimum Gasteiger partial charge on any atom is -0.485 e. The molecule has 0 saturated heterocycles. The zero-order valence-corrected chi connectivity index (χ0v) is 12.1. The van der Waals surface area contributed by atoms with E-state index in [2.05, 4.69) is 10.5 Å². The van der Waals surface area contributed by atoms with Gasteiger partial charge >= 0.3 is 0 Å². The van der Waals surface area contributed by atoms with Crippen molar-refractivity contribution < 1.29 is 14.3 Å². The van der Waals surface area contributed by atoms with Crippen LogP contribution in [0.4, 0.5) is 0 Å². The predicted molar refractivity (Wildman–Crippen MR) is 77.1 cm³/mol. The van der Waals surface area contributed by atoms with Crippen LogP contribution < -0.4 is 14.9 Å². The number of hydrogen-bond acceptors (Lipinski definition) is 4. The van der Waals surface area contributed by atoms with Crippen molar-refractivity contribution in [3.05, 3.63) is 24.3 Å². The number of nitrogens with one attached hydrogen (secondary N) is 1. The first-order valence-corrected chi connectivity index (χ1v) is 6.86. The van der Waals surface area contributed by atoms with Gasteiger partial charge in [0.1, 0.15) is 6.61 Å². The molecule has 0 aliphatic carbocycles. The van der Waals surface area contributed by atoms with E-state index in [0.717, 1.165) is 12.1 Å². The van der Waals surface area contributed by atoms with E-state index in [1.54, 1.807) is 6.07 Å². The Labute approximate surface area is 119 Å². The number of hydrazone groups is 1. The third-order valence-electron chi connectivity index (χ3n) is 3.14. The molecule has 0 bridgehead atoms. The maximum atomic E-state index is 12.0. The molecule has 5 nitrogen and oxygen atoms in total. The molecular formula is C15H20N2O3. The summed E-state index contributed by atoms with van der Waals surface area (Å²) in [6.07, 6.45) is 0.141. The molecule has 1 unspecified atom stereocenters. The van der Waals surface area contributed by atoms with E-state index < -0.39 is 6.10 Å². The van der Waals surface area contributed by atoms with Gasteiger partial charge in [-0.1, -0.05) is 32.9 Å². The van der Waals surface area contributed by atoms with Crippen LogP contribution in [0.2, 0.25) is 0 Å². The Hall–Kier alpha value is -2.04. The normalized spacial score (nSPS) is 18.0. The number of ether oxygens (including phenoxy) is 2. The van der Waals surface area contributed by atoms with Crippen LogP contribution in [0.1, 0.15) is 27.2 Å². The fourth-order valence-corrected chi connectivity index (χ4v) is 1.96. The van der Waals surface area contributed by atoms with Crippen molar-refractivity contribution in [2.45, 2.75) is 33.3 Å². The highest BCUT2D eigenvalue weighted by molar-refractivity contribution is 5.88. The van der Waals surface area contributed by atoms with Gasteiger partial charge in [-0.3, -0.25) is 4.79 Å². The van der Waals surface area contributed by atoms with Gasteiger partial charge in [0.2, 0.25) is 6.10 Å². The number of carbonyl (C=O) groups is 1. The average molecular weight is 276 g/mol. The Morgan fingerprint density at radius 1 is 1.40 bits per heavy atom. The number of para-hydroxylation sites is 2. The van der Waals surface area contributed by atoms with E-state index >= 15 is 0 Å². The Bertz CT molecular complexity index is 512. The summed E-state index contributed by atoms with van der Waals surface area (Å²) in [5.41, 5.74) is 3.51. The molecule has 0 saturated carbocycles. The van der Waals surface area contributed by atoms with Crippen molar-refractivity contribution in [1.29, 1.82) is 0 Å². The number of hydrogen-bond donors (Lipinski definition) is 1. The van der Waals surface area contributed by atoms with Crippen LogP contribution in [0.3, 0.4) is 0 Å². The molecule has 5 heteroatoms. The molecule has 1 heterocycles. The number of nitrogens with zero attached hydrogens (tertiary/aromatic N) is 1. The van der Waals surface area contributed by atoms with Gasteiger partial charge in [-0.05, 0) is 24.5 Å². The van der Waals surface area contributed by atoms with E-state index in [9.17, 15) is 4.79 Å². The highest BCUT2D eigenvalue weighted by atomic mass is 16.6. The standard InChI is InChI=1S/C15H20N2O3/c1-4-11(10(2)3)16-17-15(18)14-9-19-12-7-5-6-8-13(12)20-14/h5-8,10,14H,4,9H2,1-3H3,(H,17,18)/b16-11+. The van der Waals surface area contributed by atoms with E-state index in [0.29, 0.717) is 17.4 Å². The highest BCUT2D eigenvalue weighted by Gasteiger charge is 2.27. The van der Waals surface area contributed by atoms with Gasteiger partial charge in [0.25, 0.3) is 5.91 Å². The zero-order valence-electron chi connectivity index (χ0n) is 12.1. The lowest BCUT2D eigenvalue weighted by atomic mass is 10.1. The van der Waals surface area contributed by atoms with Gasteiger partial charge < -0.3 is 9.47 Å². The lowest BCUT2D eigenvalue weighted by Gasteiger charge is -2.25. The summed E-state index contributed by atoms with van der Waals surface area (Å²) in [6.45, 7) is 6.30. The van der Waals surface area contributed by atoms with Gasteiger partial charge in [0, 0.05) is 5.71 Å². The summed E-state index contributed by atoms with van der Waals surface area (Å²) in [7, 11) is 0. The summed E-state index contributed by atoms with van der Waals surface area (Å²) in [5, 5.41) is 4.15. The minimum atomic E-state index is -0.668. The molecule has 0 spiro atoms. The summed E-state index contributed by atoms with van der Waals surface area (Å²) in [4.78, 5) is 12.0. The van der Waals surface area contributed by atoms with Crippen molar-refractivity contribution in [3.8, 4) is 11.5 Å². The summed E-state index contributed by atoms with van der Waals surface area (Å²) in [5.74, 6) is 1.27. The van der Waals surface area contributed by atoms with Crippen LogP contribution >= 0.6 is 0 Å². The lowest BCUT2D eigenvalue weighted by molar-refractivity contribution is -0.130. The second kappa shape index (κ2) is 6.41. The van der Waals surface area contributed by atoms with Crippen molar-refractivity contribution >= 4 is 11.6 Å². The maximum Gasteiger partial charge on any atom is 0.284 e. The topological polar surface area (TPSA) is 59.9 Å². The fourth-order valence-electron chi connectivity index (χ4n) is 1.96. The van der Waals surface area contributed by atoms with Crippen LogP contribution in [-0.2, 0) is 4.79 Å². The van der Waals surface area contributed by atoms with Crippen LogP contribution in [0.25, 0.3) is 0 Å². The number of benzene rings is 1. The molecule has 1 atom stereocenters. The first-order chi connectivity index (χ1) is 9.61. The molecule has 1 amide bonds. The second-order valence-electron chi connectivity index (χ2n) is 4.95. The van der Waals surface area contributed by atoms with Crippen molar-refractivity contribution in [2.75, 3.05) is 6.61 Å². The SMILES string of the molecule is CC/C(=N\NC(=O)C1COc2ccccc2O1)C(C)C. The van der Waals surface area contributed by atoms with E-state index in [1.807, 2.05) is 39.0 Å². The molecule has 0 aromatic heterocycles. The van der Waals surface area contributed by atoms with Crippen molar-refractivity contribution in [3.63, 3.8) is 0 Å². The molecule has 108 valence electrons. The molecule has 1 aromatic rings. The Balaban J connectivity index is 1.98. The predicted octanol–water partition coefficient (Wildman–Crippen LogP) is 2.36. The Kier molecular flexibility index (Phi) is 4.61. The number of carbonyl (C=O) groups excluding carboxylic acids is 1. The molecule has 20 heavy (non-hydrogen) atoms. The molecule has 1 aliphatic rings. The third-order valence-corrected chi connectivity index (χ3v) is 3.14. The minimum absolute atomic E-state index is 0.196. The average Bonchev–Trinajstić information content (AvgIpc) is 2.46. The molecule has 1 aliphatic heterocycles. The van der Waals surface area contributed by atoms with Crippen LogP contribution in [0.5, 0.6) is 11.5 Å². The van der Waals surface area contributed by atoms with Gasteiger partial charge in [0.05, 0.1) is 0 Å².